The topological polar surface area (TPSA) is 87.3 Å². The van der Waals surface area contributed by atoms with Crippen LogP contribution in [0.2, 0.25) is 0 Å². The van der Waals surface area contributed by atoms with Crippen LogP contribution in [0.1, 0.15) is 19.8 Å². The molecule has 1 fully saturated rings. The van der Waals surface area contributed by atoms with Gasteiger partial charge in [0.2, 0.25) is 11.7 Å². The molecule has 2 N–H and O–H groups in total. The Morgan fingerprint density at radius 3 is 2.85 bits per heavy atom. The first-order valence-electron chi connectivity index (χ1n) is 6.73. The van der Waals surface area contributed by atoms with Gasteiger partial charge in [-0.25, -0.2) is 4.98 Å². The molecule has 1 aliphatic rings. The normalized spacial score (nSPS) is 16.0. The lowest BCUT2D eigenvalue weighted by molar-refractivity contribution is -0.119. The number of aromatic amines is 1. The molecule has 2 rings (SSSR count). The van der Waals surface area contributed by atoms with Gasteiger partial charge in [0.1, 0.15) is 0 Å². The second kappa shape index (κ2) is 6.40. The van der Waals surface area contributed by atoms with Crippen LogP contribution < -0.4 is 20.5 Å². The Kier molecular flexibility index (Phi) is 4.60. The summed E-state index contributed by atoms with van der Waals surface area (Å²) in [4.78, 5) is 31.3. The maximum Gasteiger partial charge on any atom is 0.295 e. The minimum atomic E-state index is -0.266. The Balaban J connectivity index is 1.99. The monoisotopic (exact) mass is 280 g/mol. The maximum atomic E-state index is 11.7. The number of carbonyl (C=O) groups is 1. The zero-order chi connectivity index (χ0) is 14.5. The zero-order valence-corrected chi connectivity index (χ0v) is 11.8. The minimum absolute atomic E-state index is 0.00496. The number of amides is 1. The van der Waals surface area contributed by atoms with Gasteiger partial charge in [0.15, 0.2) is 5.82 Å². The van der Waals surface area contributed by atoms with E-state index in [2.05, 4.69) is 20.2 Å². The summed E-state index contributed by atoms with van der Waals surface area (Å²) < 4.78 is 5.13. The molecule has 0 unspecified atom stereocenters. The van der Waals surface area contributed by atoms with Crippen LogP contribution in [0.3, 0.4) is 0 Å². The average Bonchev–Trinajstić information content (AvgIpc) is 2.45. The van der Waals surface area contributed by atoms with Crippen LogP contribution in [0.5, 0.6) is 5.75 Å². The van der Waals surface area contributed by atoms with Crippen molar-refractivity contribution in [3.05, 3.63) is 16.7 Å². The van der Waals surface area contributed by atoms with E-state index in [1.165, 1.54) is 20.4 Å². The lowest BCUT2D eigenvalue weighted by Gasteiger charge is -2.33. The summed E-state index contributed by atoms with van der Waals surface area (Å²) in [5, 5.41) is 2.85. The van der Waals surface area contributed by atoms with E-state index in [1.807, 2.05) is 0 Å². The Morgan fingerprint density at radius 1 is 1.55 bits per heavy atom. The van der Waals surface area contributed by atoms with Crippen molar-refractivity contribution in [2.75, 3.05) is 31.6 Å². The highest BCUT2D eigenvalue weighted by molar-refractivity contribution is 5.72. The second-order valence-electron chi connectivity index (χ2n) is 4.96. The molecule has 0 spiro atoms. The molecule has 0 saturated carbocycles. The number of hydrogen-bond donors (Lipinski definition) is 2. The molecule has 2 heterocycles. The summed E-state index contributed by atoms with van der Waals surface area (Å²) in [6, 6.07) is 0. The summed E-state index contributed by atoms with van der Waals surface area (Å²) in [6.07, 6.45) is 3.30. The van der Waals surface area contributed by atoms with Crippen LogP contribution in [-0.4, -0.2) is 42.6 Å². The van der Waals surface area contributed by atoms with E-state index in [0.29, 0.717) is 18.3 Å². The summed E-state index contributed by atoms with van der Waals surface area (Å²) in [5.41, 5.74) is -0.266. The van der Waals surface area contributed by atoms with Crippen molar-refractivity contribution < 1.29 is 9.53 Å². The highest BCUT2D eigenvalue weighted by Gasteiger charge is 2.23. The lowest BCUT2D eigenvalue weighted by atomic mass is 9.97. The molecule has 1 aromatic heterocycles. The summed E-state index contributed by atoms with van der Waals surface area (Å²) in [5.74, 6) is 1.33. The van der Waals surface area contributed by atoms with E-state index in [9.17, 15) is 9.59 Å². The number of anilines is 1. The minimum Gasteiger partial charge on any atom is -0.489 e. The Bertz CT molecular complexity index is 521. The summed E-state index contributed by atoms with van der Waals surface area (Å²) in [7, 11) is 1.47. The molecule has 20 heavy (non-hydrogen) atoms. The van der Waals surface area contributed by atoms with Crippen molar-refractivity contribution >= 4 is 11.7 Å². The quantitative estimate of drug-likeness (QED) is 0.818. The first-order chi connectivity index (χ1) is 9.61. The molecule has 0 bridgehead atoms. The number of H-pyrrole nitrogens is 1. The van der Waals surface area contributed by atoms with E-state index >= 15 is 0 Å². The summed E-state index contributed by atoms with van der Waals surface area (Å²) in [6.45, 7) is 3.84. The van der Waals surface area contributed by atoms with Gasteiger partial charge in [0.05, 0.1) is 13.4 Å². The van der Waals surface area contributed by atoms with Crippen LogP contribution in [0.15, 0.2) is 11.1 Å². The van der Waals surface area contributed by atoms with Crippen molar-refractivity contribution in [2.24, 2.45) is 5.92 Å². The first kappa shape index (κ1) is 14.4. The van der Waals surface area contributed by atoms with Gasteiger partial charge >= 0.3 is 0 Å². The van der Waals surface area contributed by atoms with Crippen LogP contribution in [0.25, 0.3) is 0 Å². The van der Waals surface area contributed by atoms with Gasteiger partial charge in [-0.3, -0.25) is 9.59 Å². The highest BCUT2D eigenvalue weighted by Crippen LogP contribution is 2.26. The number of nitrogens with zero attached hydrogens (tertiary/aromatic N) is 2. The van der Waals surface area contributed by atoms with Gasteiger partial charge in [-0.1, -0.05) is 0 Å². The molecule has 0 aromatic carbocycles. The van der Waals surface area contributed by atoms with Crippen molar-refractivity contribution in [3.8, 4) is 5.75 Å². The van der Waals surface area contributed by atoms with Crippen LogP contribution in [0.4, 0.5) is 5.82 Å². The van der Waals surface area contributed by atoms with Gasteiger partial charge in [-0.05, 0) is 18.8 Å². The highest BCUT2D eigenvalue weighted by atomic mass is 16.5. The average molecular weight is 280 g/mol. The molecule has 1 saturated heterocycles. The largest absolute Gasteiger partial charge is 0.489 e. The molecule has 0 radical (unpaired) electrons. The smallest absolute Gasteiger partial charge is 0.295 e. The first-order valence-corrected chi connectivity index (χ1v) is 6.73. The van der Waals surface area contributed by atoms with Crippen molar-refractivity contribution in [3.63, 3.8) is 0 Å². The predicted octanol–water partition coefficient (Wildman–Crippen LogP) is 0.131. The Labute approximate surface area is 117 Å². The number of ether oxygens (including phenoxy) is 1. The van der Waals surface area contributed by atoms with Gasteiger partial charge in [0, 0.05) is 26.6 Å². The summed E-state index contributed by atoms with van der Waals surface area (Å²) >= 11 is 0. The van der Waals surface area contributed by atoms with E-state index in [0.717, 1.165) is 25.9 Å². The second-order valence-corrected chi connectivity index (χ2v) is 4.96. The SMILES string of the molecule is COc1c(N2CCC(CNC(C)=O)CC2)nc[nH]c1=O. The van der Waals surface area contributed by atoms with Crippen LogP contribution in [-0.2, 0) is 4.79 Å². The number of rotatable bonds is 4. The Morgan fingerprint density at radius 2 is 2.25 bits per heavy atom. The fourth-order valence-electron chi connectivity index (χ4n) is 2.42. The van der Waals surface area contributed by atoms with Crippen molar-refractivity contribution in [2.45, 2.75) is 19.8 Å². The number of carbonyl (C=O) groups excluding carboxylic acids is 1. The van der Waals surface area contributed by atoms with Crippen molar-refractivity contribution in [1.29, 1.82) is 0 Å². The van der Waals surface area contributed by atoms with Gasteiger partial charge in [0.25, 0.3) is 5.56 Å². The van der Waals surface area contributed by atoms with E-state index < -0.39 is 0 Å². The molecular formula is C13H20N4O3. The molecule has 7 heteroatoms. The zero-order valence-electron chi connectivity index (χ0n) is 11.8. The number of piperidine rings is 1. The third-order valence-electron chi connectivity index (χ3n) is 3.55. The third kappa shape index (κ3) is 3.28. The van der Waals surface area contributed by atoms with Crippen LogP contribution in [0, 0.1) is 5.92 Å². The molecular weight excluding hydrogens is 260 g/mol. The predicted molar refractivity (Wildman–Crippen MR) is 75.0 cm³/mol. The lowest BCUT2D eigenvalue weighted by Crippen LogP contribution is -2.39. The van der Waals surface area contributed by atoms with Gasteiger partial charge < -0.3 is 19.9 Å². The fraction of sp³-hybridized carbons (Fsp3) is 0.615. The standard InChI is InChI=1S/C13H20N4O3/c1-9(18)14-7-10-3-5-17(6-4-10)12-11(20-2)13(19)16-8-15-12/h8,10H,3-7H2,1-2H3,(H,14,18)(H,15,16,19). The fourth-order valence-corrected chi connectivity index (χ4v) is 2.42. The Hall–Kier alpha value is -2.05. The maximum absolute atomic E-state index is 11.7. The van der Waals surface area contributed by atoms with E-state index in [4.69, 9.17) is 4.74 Å². The molecule has 0 aliphatic carbocycles. The molecule has 1 aromatic rings. The molecule has 7 nitrogen and oxygen atoms in total. The van der Waals surface area contributed by atoms with Gasteiger partial charge in [-0.15, -0.1) is 0 Å². The van der Waals surface area contributed by atoms with Crippen molar-refractivity contribution in [1.82, 2.24) is 15.3 Å². The number of aromatic nitrogens is 2. The number of hydrogen-bond acceptors (Lipinski definition) is 5. The molecule has 110 valence electrons. The van der Waals surface area contributed by atoms with Gasteiger partial charge in [-0.2, -0.15) is 0 Å². The molecule has 0 atom stereocenters. The third-order valence-corrected chi connectivity index (χ3v) is 3.55. The van der Waals surface area contributed by atoms with E-state index in [1.54, 1.807) is 0 Å². The molecule has 1 aliphatic heterocycles. The molecule has 1 amide bonds. The van der Waals surface area contributed by atoms with E-state index in [-0.39, 0.29) is 17.2 Å². The number of methoxy groups -OCH3 is 1. The number of nitrogens with one attached hydrogen (secondary N) is 2. The van der Waals surface area contributed by atoms with Crippen LogP contribution >= 0.6 is 0 Å².